The second-order valence-corrected chi connectivity index (χ2v) is 5.36. The van der Waals surface area contributed by atoms with E-state index in [1.165, 1.54) is 6.07 Å². The minimum atomic E-state index is -1.44. The molecular formula is C15H16F3N3. The average Bonchev–Trinajstić information content (AvgIpc) is 2.91. The van der Waals surface area contributed by atoms with Crippen LogP contribution in [0.3, 0.4) is 0 Å². The highest BCUT2D eigenvalue weighted by Gasteiger charge is 2.24. The van der Waals surface area contributed by atoms with Crippen molar-refractivity contribution in [1.29, 1.82) is 0 Å². The Bertz CT molecular complexity index is 666. The number of halogens is 3. The van der Waals surface area contributed by atoms with Crippen LogP contribution in [0.15, 0.2) is 18.3 Å². The van der Waals surface area contributed by atoms with E-state index >= 15 is 0 Å². The van der Waals surface area contributed by atoms with Crippen molar-refractivity contribution in [3.05, 3.63) is 52.6 Å². The van der Waals surface area contributed by atoms with Gasteiger partial charge in [0.2, 0.25) is 0 Å². The second kappa shape index (κ2) is 5.52. The van der Waals surface area contributed by atoms with E-state index in [0.717, 1.165) is 36.6 Å². The van der Waals surface area contributed by atoms with Gasteiger partial charge >= 0.3 is 0 Å². The Morgan fingerprint density at radius 3 is 2.81 bits per heavy atom. The standard InChI is InChI=1S/C15H16F3N3/c16-12-5-4-10(14(17)15(12)18)8-21-13-3-1-2-9(6-19)11(13)7-20-21/h4-5,7,9H,1-3,6,8,19H2. The molecule has 0 saturated heterocycles. The molecule has 1 aliphatic carbocycles. The van der Waals surface area contributed by atoms with Gasteiger partial charge in [0, 0.05) is 11.3 Å². The Kier molecular flexibility index (Phi) is 3.71. The molecule has 1 unspecified atom stereocenters. The summed E-state index contributed by atoms with van der Waals surface area (Å²) in [7, 11) is 0. The van der Waals surface area contributed by atoms with Crippen LogP contribution in [0.1, 0.15) is 35.6 Å². The molecule has 2 N–H and O–H groups in total. The van der Waals surface area contributed by atoms with Crippen LogP contribution in [0.25, 0.3) is 0 Å². The molecular weight excluding hydrogens is 279 g/mol. The minimum Gasteiger partial charge on any atom is -0.330 e. The Labute approximate surface area is 120 Å². The number of benzene rings is 1. The van der Waals surface area contributed by atoms with Gasteiger partial charge in [0.25, 0.3) is 0 Å². The number of hydrogen-bond donors (Lipinski definition) is 1. The Morgan fingerprint density at radius 2 is 2.05 bits per heavy atom. The molecule has 21 heavy (non-hydrogen) atoms. The number of nitrogens with two attached hydrogens (primary N) is 1. The minimum absolute atomic E-state index is 0.0923. The average molecular weight is 295 g/mol. The number of rotatable bonds is 3. The Hall–Kier alpha value is -1.82. The van der Waals surface area contributed by atoms with Crippen molar-refractivity contribution >= 4 is 0 Å². The third-order valence-corrected chi connectivity index (χ3v) is 4.11. The Morgan fingerprint density at radius 1 is 1.24 bits per heavy atom. The highest BCUT2D eigenvalue weighted by Crippen LogP contribution is 2.31. The van der Waals surface area contributed by atoms with Crippen LogP contribution in [0.2, 0.25) is 0 Å². The maximum Gasteiger partial charge on any atom is 0.194 e. The largest absolute Gasteiger partial charge is 0.330 e. The van der Waals surface area contributed by atoms with Crippen LogP contribution < -0.4 is 5.73 Å². The SMILES string of the molecule is NCC1CCCc2c1cnn2Cc1ccc(F)c(F)c1F. The quantitative estimate of drug-likeness (QED) is 0.885. The normalized spacial score (nSPS) is 17.8. The molecule has 3 nitrogen and oxygen atoms in total. The lowest BCUT2D eigenvalue weighted by Gasteiger charge is -2.21. The van der Waals surface area contributed by atoms with E-state index in [1.54, 1.807) is 10.9 Å². The predicted molar refractivity (Wildman–Crippen MR) is 72.4 cm³/mol. The van der Waals surface area contributed by atoms with Crippen molar-refractivity contribution < 1.29 is 13.2 Å². The van der Waals surface area contributed by atoms with Gasteiger partial charge in [-0.1, -0.05) is 6.07 Å². The first kappa shape index (κ1) is 14.1. The first-order chi connectivity index (χ1) is 10.1. The molecule has 1 aromatic heterocycles. The molecule has 0 spiro atoms. The van der Waals surface area contributed by atoms with E-state index in [9.17, 15) is 13.2 Å². The van der Waals surface area contributed by atoms with E-state index in [1.807, 2.05) is 0 Å². The van der Waals surface area contributed by atoms with E-state index in [-0.39, 0.29) is 18.0 Å². The first-order valence-electron chi connectivity index (χ1n) is 6.98. The van der Waals surface area contributed by atoms with Crippen molar-refractivity contribution in [1.82, 2.24) is 9.78 Å². The lowest BCUT2D eigenvalue weighted by molar-refractivity contribution is 0.436. The molecule has 112 valence electrons. The number of fused-ring (bicyclic) bond motifs is 1. The topological polar surface area (TPSA) is 43.8 Å². The molecule has 1 atom stereocenters. The van der Waals surface area contributed by atoms with Gasteiger partial charge in [-0.3, -0.25) is 4.68 Å². The lowest BCUT2D eigenvalue weighted by Crippen LogP contribution is -2.19. The van der Waals surface area contributed by atoms with Gasteiger partial charge in [0.1, 0.15) is 0 Å². The molecule has 6 heteroatoms. The molecule has 0 aliphatic heterocycles. The van der Waals surface area contributed by atoms with Gasteiger partial charge in [0.05, 0.1) is 12.7 Å². The molecule has 1 aliphatic rings. The van der Waals surface area contributed by atoms with Crippen molar-refractivity contribution in [2.24, 2.45) is 5.73 Å². The maximum absolute atomic E-state index is 13.8. The summed E-state index contributed by atoms with van der Waals surface area (Å²) in [4.78, 5) is 0. The third-order valence-electron chi connectivity index (χ3n) is 4.11. The molecule has 1 heterocycles. The van der Waals surface area contributed by atoms with Crippen molar-refractivity contribution in [2.45, 2.75) is 31.7 Å². The summed E-state index contributed by atoms with van der Waals surface area (Å²) < 4.78 is 41.6. The van der Waals surface area contributed by atoms with E-state index in [2.05, 4.69) is 5.10 Å². The molecule has 2 aromatic rings. The molecule has 1 aromatic carbocycles. The maximum atomic E-state index is 13.8. The molecule has 0 bridgehead atoms. The fraction of sp³-hybridized carbons (Fsp3) is 0.400. The van der Waals surface area contributed by atoms with Gasteiger partial charge in [-0.15, -0.1) is 0 Å². The highest BCUT2D eigenvalue weighted by atomic mass is 19.2. The summed E-state index contributed by atoms with van der Waals surface area (Å²) in [5.74, 6) is -3.49. The highest BCUT2D eigenvalue weighted by molar-refractivity contribution is 5.28. The van der Waals surface area contributed by atoms with Gasteiger partial charge in [-0.05, 0) is 43.4 Å². The zero-order chi connectivity index (χ0) is 15.0. The lowest BCUT2D eigenvalue weighted by atomic mass is 9.87. The third kappa shape index (κ3) is 2.44. The van der Waals surface area contributed by atoms with Crippen molar-refractivity contribution in [3.8, 4) is 0 Å². The van der Waals surface area contributed by atoms with Gasteiger partial charge in [-0.25, -0.2) is 13.2 Å². The second-order valence-electron chi connectivity index (χ2n) is 5.36. The van der Waals surface area contributed by atoms with Crippen molar-refractivity contribution in [3.63, 3.8) is 0 Å². The monoisotopic (exact) mass is 295 g/mol. The van der Waals surface area contributed by atoms with Crippen LogP contribution in [-0.4, -0.2) is 16.3 Å². The van der Waals surface area contributed by atoms with Crippen molar-refractivity contribution in [2.75, 3.05) is 6.54 Å². The first-order valence-corrected chi connectivity index (χ1v) is 6.98. The van der Waals surface area contributed by atoms with Crippen LogP contribution in [0, 0.1) is 17.5 Å². The smallest absolute Gasteiger partial charge is 0.194 e. The zero-order valence-corrected chi connectivity index (χ0v) is 11.5. The van der Waals surface area contributed by atoms with Gasteiger partial charge in [-0.2, -0.15) is 5.10 Å². The number of nitrogens with zero attached hydrogens (tertiary/aromatic N) is 2. The molecule has 0 fully saturated rings. The summed E-state index contributed by atoms with van der Waals surface area (Å²) >= 11 is 0. The summed E-state index contributed by atoms with van der Waals surface area (Å²) in [5, 5.41) is 4.26. The van der Waals surface area contributed by atoms with E-state index in [4.69, 9.17) is 5.73 Å². The zero-order valence-electron chi connectivity index (χ0n) is 11.5. The number of aromatic nitrogens is 2. The summed E-state index contributed by atoms with van der Waals surface area (Å²) in [6.07, 6.45) is 4.62. The van der Waals surface area contributed by atoms with Crippen LogP contribution in [-0.2, 0) is 13.0 Å². The van der Waals surface area contributed by atoms with Crippen LogP contribution in [0.4, 0.5) is 13.2 Å². The fourth-order valence-electron chi connectivity index (χ4n) is 2.94. The van der Waals surface area contributed by atoms with E-state index in [0.29, 0.717) is 6.54 Å². The van der Waals surface area contributed by atoms with Gasteiger partial charge in [0.15, 0.2) is 17.5 Å². The van der Waals surface area contributed by atoms with Crippen LogP contribution in [0.5, 0.6) is 0 Å². The summed E-state index contributed by atoms with van der Waals surface area (Å²) in [6, 6.07) is 2.19. The Balaban J connectivity index is 1.93. The molecule has 0 radical (unpaired) electrons. The summed E-state index contributed by atoms with van der Waals surface area (Å²) in [5.41, 5.74) is 7.95. The fourth-order valence-corrected chi connectivity index (χ4v) is 2.94. The van der Waals surface area contributed by atoms with Gasteiger partial charge < -0.3 is 5.73 Å². The molecule has 0 saturated carbocycles. The predicted octanol–water partition coefficient (Wildman–Crippen LogP) is 2.73. The summed E-state index contributed by atoms with van der Waals surface area (Å²) in [6.45, 7) is 0.647. The molecule has 3 rings (SSSR count). The number of hydrogen-bond acceptors (Lipinski definition) is 2. The molecule has 0 amide bonds. The van der Waals surface area contributed by atoms with Crippen LogP contribution >= 0.6 is 0 Å². The van der Waals surface area contributed by atoms with E-state index < -0.39 is 17.5 Å².